The number of carbonyl (C=O) groups is 2. The van der Waals surface area contributed by atoms with E-state index in [1.807, 2.05) is 42.5 Å². The van der Waals surface area contributed by atoms with E-state index < -0.39 is 30.3 Å². The molecule has 1 aliphatic heterocycles. The predicted octanol–water partition coefficient (Wildman–Crippen LogP) is 4.59. The topological polar surface area (TPSA) is 96.3 Å². The Balaban J connectivity index is 1.63. The maximum Gasteiger partial charge on any atom is 0.417 e. The number of hydrogen-bond acceptors (Lipinski definition) is 6. The monoisotopic (exact) mass is 475 g/mol. The first-order valence-electron chi connectivity index (χ1n) is 11.6. The first kappa shape index (κ1) is 24.3. The van der Waals surface area contributed by atoms with Gasteiger partial charge in [-0.1, -0.05) is 68.4 Å². The number of cyclic esters (lactones) is 1. The molecule has 3 aromatic carbocycles. The van der Waals surface area contributed by atoms with Crippen LogP contribution in [0.2, 0.25) is 0 Å². The third kappa shape index (κ3) is 5.63. The molecule has 35 heavy (non-hydrogen) atoms. The summed E-state index contributed by atoms with van der Waals surface area (Å²) in [7, 11) is 0. The Hall–Kier alpha value is -3.84. The molecule has 4 rings (SSSR count). The minimum atomic E-state index is -1.41. The number of benzene rings is 3. The van der Waals surface area contributed by atoms with Gasteiger partial charge in [-0.3, -0.25) is 4.79 Å². The lowest BCUT2D eigenvalue weighted by molar-refractivity contribution is -0.142. The van der Waals surface area contributed by atoms with E-state index in [9.17, 15) is 19.8 Å². The second kappa shape index (κ2) is 10.6. The van der Waals surface area contributed by atoms with Gasteiger partial charge in [0, 0.05) is 0 Å². The molecule has 0 saturated carbocycles. The highest BCUT2D eigenvalue weighted by Crippen LogP contribution is 2.29. The Labute approximate surface area is 204 Å². The number of nitrogens with zero attached hydrogens (tertiary/aromatic N) is 1. The minimum absolute atomic E-state index is 0.0278. The highest BCUT2D eigenvalue weighted by Gasteiger charge is 2.44. The van der Waals surface area contributed by atoms with Gasteiger partial charge < -0.3 is 19.7 Å². The molecule has 182 valence electrons. The van der Waals surface area contributed by atoms with Gasteiger partial charge in [0.25, 0.3) is 5.91 Å². The van der Waals surface area contributed by atoms with E-state index in [0.29, 0.717) is 23.7 Å². The number of aliphatic hydroxyl groups excluding tert-OH is 1. The van der Waals surface area contributed by atoms with Crippen molar-refractivity contribution >= 4 is 12.0 Å². The van der Waals surface area contributed by atoms with Crippen LogP contribution in [0.25, 0.3) is 0 Å². The number of phenols is 1. The summed E-state index contributed by atoms with van der Waals surface area (Å²) >= 11 is 0. The van der Waals surface area contributed by atoms with E-state index in [1.165, 1.54) is 24.3 Å². The van der Waals surface area contributed by atoms with Crippen LogP contribution < -0.4 is 4.74 Å². The summed E-state index contributed by atoms with van der Waals surface area (Å²) in [5, 5.41) is 20.8. The van der Waals surface area contributed by atoms with Crippen LogP contribution in [0.3, 0.4) is 0 Å². The summed E-state index contributed by atoms with van der Waals surface area (Å²) in [5.41, 5.74) is 2.42. The molecule has 0 spiro atoms. The number of aromatic hydroxyl groups is 1. The fourth-order valence-corrected chi connectivity index (χ4v) is 4.08. The molecule has 2 N–H and O–H groups in total. The highest BCUT2D eigenvalue weighted by molar-refractivity contribution is 5.96. The molecule has 3 aromatic rings. The number of hydrogen-bond donors (Lipinski definition) is 2. The number of ether oxygens (including phenoxy) is 2. The van der Waals surface area contributed by atoms with Gasteiger partial charge in [0.05, 0.1) is 6.04 Å². The fraction of sp³-hybridized carbons (Fsp3) is 0.286. The molecule has 1 aliphatic rings. The lowest BCUT2D eigenvalue weighted by atomic mass is 10.0. The van der Waals surface area contributed by atoms with Crippen molar-refractivity contribution in [2.24, 2.45) is 0 Å². The Morgan fingerprint density at radius 3 is 2.26 bits per heavy atom. The van der Waals surface area contributed by atoms with Crippen molar-refractivity contribution in [3.05, 3.63) is 95.6 Å². The molecule has 0 aliphatic carbocycles. The van der Waals surface area contributed by atoms with Crippen molar-refractivity contribution in [3.8, 4) is 11.5 Å². The van der Waals surface area contributed by atoms with Gasteiger partial charge in [0.2, 0.25) is 6.10 Å². The van der Waals surface area contributed by atoms with E-state index in [4.69, 9.17) is 9.47 Å². The van der Waals surface area contributed by atoms with Gasteiger partial charge in [0.1, 0.15) is 24.2 Å². The van der Waals surface area contributed by atoms with Crippen molar-refractivity contribution < 1.29 is 29.3 Å². The maximum absolute atomic E-state index is 13.7. The quantitative estimate of drug-likeness (QED) is 0.495. The van der Waals surface area contributed by atoms with E-state index in [2.05, 4.69) is 13.8 Å². The van der Waals surface area contributed by atoms with Crippen molar-refractivity contribution in [2.75, 3.05) is 6.61 Å². The molecule has 0 aromatic heterocycles. The van der Waals surface area contributed by atoms with Gasteiger partial charge in [-0.05, 0) is 53.3 Å². The number of aliphatic hydroxyl groups is 1. The van der Waals surface area contributed by atoms with Crippen LogP contribution in [0.4, 0.5) is 4.79 Å². The Kier molecular flexibility index (Phi) is 7.36. The highest BCUT2D eigenvalue weighted by atomic mass is 16.6. The third-order valence-corrected chi connectivity index (χ3v) is 6.09. The van der Waals surface area contributed by atoms with Crippen molar-refractivity contribution in [3.63, 3.8) is 0 Å². The summed E-state index contributed by atoms with van der Waals surface area (Å²) in [6, 6.07) is 22.1. The zero-order valence-corrected chi connectivity index (χ0v) is 19.7. The van der Waals surface area contributed by atoms with E-state index in [0.717, 1.165) is 16.0 Å². The molecule has 1 unspecified atom stereocenters. The van der Waals surface area contributed by atoms with Crippen LogP contribution in [0.5, 0.6) is 11.5 Å². The summed E-state index contributed by atoms with van der Waals surface area (Å²) in [5.74, 6) is 0.0435. The van der Waals surface area contributed by atoms with Crippen molar-refractivity contribution in [1.82, 2.24) is 4.90 Å². The van der Waals surface area contributed by atoms with E-state index >= 15 is 0 Å². The molecule has 0 bridgehead atoms. The average molecular weight is 476 g/mol. The van der Waals surface area contributed by atoms with E-state index in [-0.39, 0.29) is 12.4 Å². The Bertz CT molecular complexity index is 1140. The van der Waals surface area contributed by atoms with Crippen LogP contribution in [0.15, 0.2) is 78.9 Å². The molecule has 1 saturated heterocycles. The SMILES string of the molecule is CC(C)c1ccc(O[C@@H](C(=O)N2C(=O)OCC2Cc2ccccc2)[C@@H](O)c2ccc(O)cc2)cc1. The van der Waals surface area contributed by atoms with Crippen LogP contribution >= 0.6 is 0 Å². The van der Waals surface area contributed by atoms with Gasteiger partial charge in [0.15, 0.2) is 0 Å². The number of imide groups is 1. The Morgan fingerprint density at radius 1 is 1.00 bits per heavy atom. The smallest absolute Gasteiger partial charge is 0.417 e. The maximum atomic E-state index is 13.7. The Morgan fingerprint density at radius 2 is 1.63 bits per heavy atom. The first-order valence-corrected chi connectivity index (χ1v) is 11.6. The molecule has 3 atom stereocenters. The average Bonchev–Trinajstić information content (AvgIpc) is 3.22. The number of carbonyl (C=O) groups excluding carboxylic acids is 2. The van der Waals surface area contributed by atoms with Gasteiger partial charge in [-0.2, -0.15) is 0 Å². The van der Waals surface area contributed by atoms with Crippen LogP contribution in [-0.2, 0) is 16.0 Å². The second-order valence-corrected chi connectivity index (χ2v) is 8.93. The molecule has 0 radical (unpaired) electrons. The second-order valence-electron chi connectivity index (χ2n) is 8.93. The summed E-state index contributed by atoms with van der Waals surface area (Å²) in [6.45, 7) is 4.20. The minimum Gasteiger partial charge on any atom is -0.508 e. The van der Waals surface area contributed by atoms with Crippen LogP contribution in [0.1, 0.15) is 42.6 Å². The molecular weight excluding hydrogens is 446 g/mol. The van der Waals surface area contributed by atoms with Gasteiger partial charge in [-0.25, -0.2) is 9.69 Å². The van der Waals surface area contributed by atoms with Crippen LogP contribution in [-0.4, -0.2) is 45.9 Å². The number of amides is 2. The van der Waals surface area contributed by atoms with Crippen LogP contribution in [0, 0.1) is 0 Å². The number of rotatable bonds is 8. The summed E-state index contributed by atoms with van der Waals surface area (Å²) < 4.78 is 11.2. The molecule has 1 fully saturated rings. The lowest BCUT2D eigenvalue weighted by Crippen LogP contribution is -2.49. The normalized spacial score (nSPS) is 17.2. The summed E-state index contributed by atoms with van der Waals surface area (Å²) in [6.07, 6.45) is -3.15. The largest absolute Gasteiger partial charge is 0.508 e. The molecule has 1 heterocycles. The summed E-state index contributed by atoms with van der Waals surface area (Å²) in [4.78, 5) is 27.4. The first-order chi connectivity index (χ1) is 16.8. The molecule has 2 amide bonds. The zero-order chi connectivity index (χ0) is 24.9. The molecule has 7 heteroatoms. The predicted molar refractivity (Wildman–Crippen MR) is 130 cm³/mol. The molecular formula is C28H29NO6. The zero-order valence-electron chi connectivity index (χ0n) is 19.7. The third-order valence-electron chi connectivity index (χ3n) is 6.09. The van der Waals surface area contributed by atoms with Crippen molar-refractivity contribution in [1.29, 1.82) is 0 Å². The lowest BCUT2D eigenvalue weighted by Gasteiger charge is -2.28. The fourth-order valence-electron chi connectivity index (χ4n) is 4.08. The van der Waals surface area contributed by atoms with E-state index in [1.54, 1.807) is 12.1 Å². The van der Waals surface area contributed by atoms with Gasteiger partial charge >= 0.3 is 6.09 Å². The number of phenolic OH excluding ortho intramolecular Hbond substituents is 1. The van der Waals surface area contributed by atoms with Gasteiger partial charge in [-0.15, -0.1) is 0 Å². The standard InChI is InChI=1S/C28H29NO6/c1-18(2)20-10-14-24(15-11-20)35-26(25(31)21-8-12-23(30)13-9-21)27(32)29-22(17-34-28(29)33)16-19-6-4-3-5-7-19/h3-15,18,22,25-26,30-31H,16-17H2,1-2H3/t22?,25-,26+/m0/s1. The van der Waals surface area contributed by atoms with Crippen molar-refractivity contribution in [2.45, 2.75) is 44.4 Å². The molecule has 7 nitrogen and oxygen atoms in total.